The van der Waals surface area contributed by atoms with E-state index in [2.05, 4.69) is 26.0 Å². The van der Waals surface area contributed by atoms with E-state index >= 15 is 0 Å². The monoisotopic (exact) mass is 252 g/mol. The van der Waals surface area contributed by atoms with Crippen molar-refractivity contribution in [3.63, 3.8) is 0 Å². The van der Waals surface area contributed by atoms with Gasteiger partial charge in [-0.3, -0.25) is 0 Å². The Labute approximate surface area is 109 Å². The minimum atomic E-state index is -0.526. The molecule has 0 fully saturated rings. The maximum absolute atomic E-state index is 9.62. The second-order valence-corrected chi connectivity index (χ2v) is 4.86. The Morgan fingerprint density at radius 1 is 1.39 bits per heavy atom. The Hall–Kier alpha value is -1.26. The van der Waals surface area contributed by atoms with Crippen LogP contribution in [-0.2, 0) is 0 Å². The molecule has 0 aliphatic heterocycles. The summed E-state index contributed by atoms with van der Waals surface area (Å²) in [5, 5.41) is 9.62. The summed E-state index contributed by atoms with van der Waals surface area (Å²) in [6.45, 7) is 5.06. The maximum atomic E-state index is 9.62. The number of likely N-dealkylation sites (N-methyl/N-ethyl adjacent to an activating group) is 1. The molecule has 1 aromatic carbocycles. The number of ether oxygens (including phenoxy) is 1. The summed E-state index contributed by atoms with van der Waals surface area (Å²) < 4.78 is 5.36. The lowest BCUT2D eigenvalue weighted by molar-refractivity contribution is 0.189. The number of hydrogen-bond donors (Lipinski definition) is 2. The zero-order valence-electron chi connectivity index (χ0n) is 11.7. The average Bonchev–Trinajstić information content (AvgIpc) is 2.37. The van der Waals surface area contributed by atoms with Gasteiger partial charge in [-0.2, -0.15) is 0 Å². The topological polar surface area (TPSA) is 58.7 Å². The molecule has 102 valence electrons. The summed E-state index contributed by atoms with van der Waals surface area (Å²) in [5.41, 5.74) is 7.67. The lowest BCUT2D eigenvalue weighted by Gasteiger charge is -2.25. The van der Waals surface area contributed by atoms with Gasteiger partial charge < -0.3 is 20.5 Å². The number of hydrogen-bond acceptors (Lipinski definition) is 4. The Kier molecular flexibility index (Phi) is 5.44. The molecule has 0 aliphatic carbocycles. The first-order valence-electron chi connectivity index (χ1n) is 6.26. The van der Waals surface area contributed by atoms with Gasteiger partial charge in [-0.05, 0) is 23.6 Å². The molecule has 0 saturated carbocycles. The van der Waals surface area contributed by atoms with Gasteiger partial charge in [0.1, 0.15) is 5.75 Å². The van der Waals surface area contributed by atoms with Gasteiger partial charge in [0, 0.05) is 20.1 Å². The van der Waals surface area contributed by atoms with E-state index in [-0.39, 0.29) is 6.54 Å². The van der Waals surface area contributed by atoms with Crippen molar-refractivity contribution in [3.8, 4) is 5.75 Å². The fourth-order valence-electron chi connectivity index (χ4n) is 1.85. The molecular weight excluding hydrogens is 228 g/mol. The van der Waals surface area contributed by atoms with E-state index in [1.807, 2.05) is 18.0 Å². The smallest absolute Gasteiger partial charge is 0.142 e. The van der Waals surface area contributed by atoms with Crippen molar-refractivity contribution in [1.82, 2.24) is 0 Å². The second-order valence-electron chi connectivity index (χ2n) is 4.86. The zero-order chi connectivity index (χ0) is 13.7. The molecular formula is C14H24N2O2. The molecule has 0 spiro atoms. The molecule has 0 bridgehead atoms. The molecule has 0 heterocycles. The summed E-state index contributed by atoms with van der Waals surface area (Å²) in [6, 6.07) is 6.14. The third kappa shape index (κ3) is 3.62. The number of methoxy groups -OCH3 is 1. The summed E-state index contributed by atoms with van der Waals surface area (Å²) in [7, 11) is 3.59. The number of nitrogens with zero attached hydrogens (tertiary/aromatic N) is 1. The molecule has 1 atom stereocenters. The van der Waals surface area contributed by atoms with Crippen molar-refractivity contribution in [2.75, 3.05) is 32.1 Å². The zero-order valence-corrected chi connectivity index (χ0v) is 11.7. The lowest BCUT2D eigenvalue weighted by Crippen LogP contribution is -2.34. The third-order valence-corrected chi connectivity index (χ3v) is 3.04. The van der Waals surface area contributed by atoms with Gasteiger partial charge in [-0.15, -0.1) is 0 Å². The van der Waals surface area contributed by atoms with Crippen LogP contribution >= 0.6 is 0 Å². The van der Waals surface area contributed by atoms with E-state index in [0.29, 0.717) is 12.5 Å². The van der Waals surface area contributed by atoms with Gasteiger partial charge in [0.25, 0.3) is 0 Å². The van der Waals surface area contributed by atoms with Gasteiger partial charge in [0.05, 0.1) is 18.9 Å². The lowest BCUT2D eigenvalue weighted by atomic mass is 10.0. The first-order chi connectivity index (χ1) is 8.49. The molecule has 0 amide bonds. The van der Waals surface area contributed by atoms with Gasteiger partial charge in [-0.25, -0.2) is 0 Å². The highest BCUT2D eigenvalue weighted by Gasteiger charge is 2.13. The van der Waals surface area contributed by atoms with Gasteiger partial charge in [-0.1, -0.05) is 19.9 Å². The molecule has 1 rings (SSSR count). The van der Waals surface area contributed by atoms with Crippen LogP contribution in [0, 0.1) is 0 Å². The number of aliphatic hydroxyl groups is 1. The van der Waals surface area contributed by atoms with Crippen LogP contribution in [0.15, 0.2) is 18.2 Å². The Morgan fingerprint density at radius 2 is 2.06 bits per heavy atom. The fourth-order valence-corrected chi connectivity index (χ4v) is 1.85. The Bertz CT molecular complexity index is 380. The van der Waals surface area contributed by atoms with Crippen LogP contribution < -0.4 is 15.4 Å². The second kappa shape index (κ2) is 6.61. The fraction of sp³-hybridized carbons (Fsp3) is 0.571. The minimum absolute atomic E-state index is 0.260. The van der Waals surface area contributed by atoms with E-state index in [9.17, 15) is 5.11 Å². The molecule has 1 unspecified atom stereocenters. The maximum Gasteiger partial charge on any atom is 0.142 e. The van der Waals surface area contributed by atoms with Crippen molar-refractivity contribution in [2.45, 2.75) is 25.9 Å². The van der Waals surface area contributed by atoms with Gasteiger partial charge in [0.15, 0.2) is 0 Å². The molecule has 0 radical (unpaired) electrons. The number of nitrogens with two attached hydrogens (primary N) is 1. The van der Waals surface area contributed by atoms with Crippen LogP contribution in [0.4, 0.5) is 5.69 Å². The minimum Gasteiger partial charge on any atom is -0.495 e. The highest BCUT2D eigenvalue weighted by atomic mass is 16.5. The van der Waals surface area contributed by atoms with Crippen molar-refractivity contribution in [1.29, 1.82) is 0 Å². The largest absolute Gasteiger partial charge is 0.495 e. The SMILES string of the molecule is COc1ccc(C(C)C)cc1N(C)CC(O)CN. The molecule has 3 N–H and O–H groups in total. The number of benzene rings is 1. The molecule has 18 heavy (non-hydrogen) atoms. The van der Waals surface area contributed by atoms with E-state index < -0.39 is 6.10 Å². The van der Waals surface area contributed by atoms with Crippen LogP contribution in [0.2, 0.25) is 0 Å². The Morgan fingerprint density at radius 3 is 2.56 bits per heavy atom. The number of aliphatic hydroxyl groups excluding tert-OH is 1. The van der Waals surface area contributed by atoms with Crippen LogP contribution in [0.1, 0.15) is 25.3 Å². The molecule has 0 aromatic heterocycles. The van der Waals surface area contributed by atoms with Crippen molar-refractivity contribution in [3.05, 3.63) is 23.8 Å². The van der Waals surface area contributed by atoms with Crippen LogP contribution in [0.3, 0.4) is 0 Å². The molecule has 1 aromatic rings. The quantitative estimate of drug-likeness (QED) is 0.807. The van der Waals surface area contributed by atoms with Crippen LogP contribution in [0.5, 0.6) is 5.75 Å². The molecule has 4 nitrogen and oxygen atoms in total. The highest BCUT2D eigenvalue weighted by Crippen LogP contribution is 2.31. The van der Waals surface area contributed by atoms with E-state index in [1.54, 1.807) is 7.11 Å². The average molecular weight is 252 g/mol. The predicted molar refractivity (Wildman–Crippen MR) is 75.4 cm³/mol. The number of anilines is 1. The first-order valence-corrected chi connectivity index (χ1v) is 6.26. The predicted octanol–water partition coefficient (Wildman–Crippen LogP) is 1.57. The highest BCUT2D eigenvalue weighted by molar-refractivity contribution is 5.60. The van der Waals surface area contributed by atoms with Crippen molar-refractivity contribution < 1.29 is 9.84 Å². The van der Waals surface area contributed by atoms with Gasteiger partial charge in [0.2, 0.25) is 0 Å². The van der Waals surface area contributed by atoms with Crippen molar-refractivity contribution in [2.24, 2.45) is 5.73 Å². The Balaban J connectivity index is 2.99. The summed E-state index contributed by atoms with van der Waals surface area (Å²) >= 11 is 0. The normalized spacial score (nSPS) is 12.6. The standard InChI is InChI=1S/C14H24N2O2/c1-10(2)11-5-6-14(18-4)13(7-11)16(3)9-12(17)8-15/h5-7,10,12,17H,8-9,15H2,1-4H3. The summed E-state index contributed by atoms with van der Waals surface area (Å²) in [5.74, 6) is 1.27. The van der Waals surface area contributed by atoms with Gasteiger partial charge >= 0.3 is 0 Å². The van der Waals surface area contributed by atoms with E-state index in [1.165, 1.54) is 5.56 Å². The van der Waals surface area contributed by atoms with Crippen LogP contribution in [0.25, 0.3) is 0 Å². The molecule has 4 heteroatoms. The molecule has 0 saturated heterocycles. The first kappa shape index (κ1) is 14.8. The molecule has 0 aliphatic rings. The van der Waals surface area contributed by atoms with Crippen molar-refractivity contribution >= 4 is 5.69 Å². The number of rotatable bonds is 6. The van der Waals surface area contributed by atoms with Crippen LogP contribution in [-0.4, -0.2) is 38.5 Å². The summed E-state index contributed by atoms with van der Waals surface area (Å²) in [4.78, 5) is 1.97. The van der Waals surface area contributed by atoms with E-state index in [4.69, 9.17) is 10.5 Å². The summed E-state index contributed by atoms with van der Waals surface area (Å²) in [6.07, 6.45) is -0.526. The third-order valence-electron chi connectivity index (χ3n) is 3.04. The van der Waals surface area contributed by atoms with E-state index in [0.717, 1.165) is 11.4 Å².